The van der Waals surface area contributed by atoms with E-state index in [1.807, 2.05) is 4.90 Å². The van der Waals surface area contributed by atoms with Crippen LogP contribution in [0, 0.1) is 0 Å². The lowest BCUT2D eigenvalue weighted by atomic mass is 10.0. The molecule has 39 heavy (non-hydrogen) atoms. The monoisotopic (exact) mass is 541 g/mol. The highest BCUT2D eigenvalue weighted by Crippen LogP contribution is 2.34. The summed E-state index contributed by atoms with van der Waals surface area (Å²) in [6.07, 6.45) is -0.894. The maximum absolute atomic E-state index is 13.4. The molecule has 0 radical (unpaired) electrons. The van der Waals surface area contributed by atoms with E-state index >= 15 is 0 Å². The van der Waals surface area contributed by atoms with Crippen molar-refractivity contribution in [1.29, 1.82) is 0 Å². The number of amides is 7. The van der Waals surface area contributed by atoms with Crippen LogP contribution in [0.3, 0.4) is 0 Å². The number of nitrogens with zero attached hydrogens (tertiary/aromatic N) is 5. The number of fused-ring (bicyclic) bond motifs is 1. The van der Waals surface area contributed by atoms with Crippen LogP contribution in [0.15, 0.2) is 18.2 Å². The smallest absolute Gasteiger partial charge is 0.404 e. The Balaban J connectivity index is 1.19. The first-order chi connectivity index (χ1) is 18.7. The first-order valence-electron chi connectivity index (χ1n) is 13.1. The lowest BCUT2D eigenvalue weighted by Crippen LogP contribution is -2.57. The van der Waals surface area contributed by atoms with Gasteiger partial charge in [-0.25, -0.2) is 9.59 Å². The lowest BCUT2D eigenvalue weighted by molar-refractivity contribution is -0.136. The first-order valence-corrected chi connectivity index (χ1v) is 13.1. The van der Waals surface area contributed by atoms with E-state index in [2.05, 4.69) is 15.5 Å². The van der Waals surface area contributed by atoms with Gasteiger partial charge >= 0.3 is 12.1 Å². The van der Waals surface area contributed by atoms with Gasteiger partial charge in [-0.2, -0.15) is 0 Å². The number of urea groups is 1. The minimum atomic E-state index is -1.05. The van der Waals surface area contributed by atoms with Crippen LogP contribution in [0.5, 0.6) is 0 Å². The molecule has 3 N–H and O–H groups in total. The molecule has 0 aromatic heterocycles. The van der Waals surface area contributed by atoms with Gasteiger partial charge in [-0.15, -0.1) is 0 Å². The van der Waals surface area contributed by atoms with Gasteiger partial charge in [-0.3, -0.25) is 34.3 Å². The van der Waals surface area contributed by atoms with Gasteiger partial charge in [-0.05, 0) is 18.6 Å². The van der Waals surface area contributed by atoms with E-state index in [0.717, 1.165) is 4.90 Å². The molecule has 208 valence electrons. The van der Waals surface area contributed by atoms with Crippen LogP contribution >= 0.6 is 0 Å². The van der Waals surface area contributed by atoms with E-state index in [1.165, 1.54) is 0 Å². The van der Waals surface area contributed by atoms with Crippen molar-refractivity contribution in [3.8, 4) is 0 Å². The summed E-state index contributed by atoms with van der Waals surface area (Å²) in [6, 6.07) is 3.98. The third kappa shape index (κ3) is 5.24. The van der Waals surface area contributed by atoms with Gasteiger partial charge in [0.1, 0.15) is 6.04 Å². The molecule has 0 bridgehead atoms. The van der Waals surface area contributed by atoms with Gasteiger partial charge in [0.25, 0.3) is 11.8 Å². The van der Waals surface area contributed by atoms with E-state index < -0.39 is 35.8 Å². The molecule has 3 fully saturated rings. The Labute approximate surface area is 224 Å². The van der Waals surface area contributed by atoms with E-state index in [4.69, 9.17) is 5.11 Å². The number of hydrogen-bond donors (Lipinski definition) is 3. The zero-order valence-corrected chi connectivity index (χ0v) is 21.4. The molecular formula is C25H31N7O7. The SMILES string of the molecule is O=C(O)NCCN1CCN(C(=O)N2CCN(c3cccc4c3C(=O)N(C3CCC(=O)NC3=O)C4=O)CC2)CC1. The summed E-state index contributed by atoms with van der Waals surface area (Å²) >= 11 is 0. The highest BCUT2D eigenvalue weighted by atomic mass is 16.4. The second-order valence-electron chi connectivity index (χ2n) is 9.96. The van der Waals surface area contributed by atoms with E-state index in [0.29, 0.717) is 71.1 Å². The molecule has 3 saturated heterocycles. The summed E-state index contributed by atoms with van der Waals surface area (Å²) in [5.74, 6) is -2.16. The van der Waals surface area contributed by atoms with Gasteiger partial charge in [0.05, 0.1) is 16.8 Å². The van der Waals surface area contributed by atoms with Crippen molar-refractivity contribution >= 4 is 41.4 Å². The number of piperazine rings is 2. The molecule has 14 heteroatoms. The fourth-order valence-corrected chi connectivity index (χ4v) is 5.58. The molecule has 14 nitrogen and oxygen atoms in total. The molecule has 1 unspecified atom stereocenters. The average Bonchev–Trinajstić information content (AvgIpc) is 3.18. The van der Waals surface area contributed by atoms with Gasteiger partial charge in [0.15, 0.2) is 0 Å². The van der Waals surface area contributed by atoms with E-state index in [-0.39, 0.29) is 30.0 Å². The van der Waals surface area contributed by atoms with E-state index in [1.54, 1.807) is 28.0 Å². The quantitative estimate of drug-likeness (QED) is 0.406. The highest BCUT2D eigenvalue weighted by molar-refractivity contribution is 6.25. The molecule has 0 saturated carbocycles. The number of nitrogens with one attached hydrogen (secondary N) is 2. The molecule has 1 aromatic rings. The van der Waals surface area contributed by atoms with Gasteiger partial charge < -0.3 is 25.1 Å². The van der Waals surface area contributed by atoms with Crippen molar-refractivity contribution in [3.05, 3.63) is 29.3 Å². The Morgan fingerprint density at radius 1 is 0.923 bits per heavy atom. The van der Waals surface area contributed by atoms with Crippen LogP contribution in [-0.2, 0) is 9.59 Å². The molecule has 1 atom stereocenters. The van der Waals surface area contributed by atoms with Crippen molar-refractivity contribution in [2.24, 2.45) is 0 Å². The Morgan fingerprint density at radius 3 is 2.23 bits per heavy atom. The molecule has 0 spiro atoms. The third-order valence-corrected chi connectivity index (χ3v) is 7.68. The summed E-state index contributed by atoms with van der Waals surface area (Å²) in [4.78, 5) is 82.8. The minimum Gasteiger partial charge on any atom is -0.465 e. The predicted molar refractivity (Wildman–Crippen MR) is 136 cm³/mol. The van der Waals surface area contributed by atoms with Crippen LogP contribution in [0.4, 0.5) is 15.3 Å². The fourth-order valence-electron chi connectivity index (χ4n) is 5.58. The maximum Gasteiger partial charge on any atom is 0.404 e. The second-order valence-corrected chi connectivity index (χ2v) is 9.96. The topological polar surface area (TPSA) is 163 Å². The zero-order chi connectivity index (χ0) is 27.7. The third-order valence-electron chi connectivity index (χ3n) is 7.68. The van der Waals surface area contributed by atoms with Gasteiger partial charge in [-0.1, -0.05) is 6.07 Å². The van der Waals surface area contributed by atoms with Crippen molar-refractivity contribution in [2.45, 2.75) is 18.9 Å². The van der Waals surface area contributed by atoms with Gasteiger partial charge in [0.2, 0.25) is 11.8 Å². The van der Waals surface area contributed by atoms with Crippen LogP contribution in [0.1, 0.15) is 33.6 Å². The Bertz CT molecular complexity index is 1210. The summed E-state index contributed by atoms with van der Waals surface area (Å²) in [6.45, 7) is 5.24. The number of piperidine rings is 1. The number of rotatable bonds is 5. The molecule has 5 rings (SSSR count). The van der Waals surface area contributed by atoms with Crippen molar-refractivity contribution in [2.75, 3.05) is 70.3 Å². The zero-order valence-electron chi connectivity index (χ0n) is 21.4. The summed E-state index contributed by atoms with van der Waals surface area (Å²) in [5.41, 5.74) is 1.08. The number of carbonyl (C=O) groups excluding carboxylic acids is 5. The Hall–Kier alpha value is -4.20. The van der Waals surface area contributed by atoms with Crippen molar-refractivity contribution < 1.29 is 33.9 Å². The number of benzene rings is 1. The van der Waals surface area contributed by atoms with E-state index in [9.17, 15) is 28.8 Å². The summed E-state index contributed by atoms with van der Waals surface area (Å²) in [5, 5.41) is 13.3. The number of carboxylic acid groups (broad SMARTS) is 1. The maximum atomic E-state index is 13.4. The average molecular weight is 542 g/mol. The normalized spacial score (nSPS) is 22.2. The summed E-state index contributed by atoms with van der Waals surface area (Å²) < 4.78 is 0. The minimum absolute atomic E-state index is 0.0495. The largest absolute Gasteiger partial charge is 0.465 e. The highest BCUT2D eigenvalue weighted by Gasteiger charge is 2.46. The molecule has 1 aromatic carbocycles. The molecule has 0 aliphatic carbocycles. The van der Waals surface area contributed by atoms with Crippen LogP contribution in [0.2, 0.25) is 0 Å². The standard InChI is InChI=1S/C25H31N7O7/c33-19-5-4-18(21(34)27-19)32-22(35)16-2-1-3-17(20(16)23(32)36)29-12-14-31(15-13-29)25(39)30-10-8-28(9-11-30)7-6-26-24(37)38/h1-3,18,26H,4-15H2,(H,37,38)(H,27,33,34). The summed E-state index contributed by atoms with van der Waals surface area (Å²) in [7, 11) is 0. The number of anilines is 1. The number of carbonyl (C=O) groups is 6. The van der Waals surface area contributed by atoms with Crippen molar-refractivity contribution in [1.82, 2.24) is 30.2 Å². The van der Waals surface area contributed by atoms with Crippen LogP contribution in [-0.4, -0.2) is 132 Å². The number of hydrogen-bond acceptors (Lipinski definition) is 8. The predicted octanol–water partition coefficient (Wildman–Crippen LogP) is -0.785. The molecule has 4 heterocycles. The van der Waals surface area contributed by atoms with Crippen molar-refractivity contribution in [3.63, 3.8) is 0 Å². The van der Waals surface area contributed by atoms with Crippen LogP contribution in [0.25, 0.3) is 0 Å². The van der Waals surface area contributed by atoms with Gasteiger partial charge in [0, 0.05) is 71.9 Å². The Morgan fingerprint density at radius 2 is 1.59 bits per heavy atom. The van der Waals surface area contributed by atoms with Crippen LogP contribution < -0.4 is 15.5 Å². The molecule has 4 aliphatic heterocycles. The first kappa shape index (κ1) is 26.4. The molecule has 4 aliphatic rings. The molecular weight excluding hydrogens is 510 g/mol. The fraction of sp³-hybridized carbons (Fsp3) is 0.520. The number of imide groups is 2. The Kier molecular flexibility index (Phi) is 7.37. The molecule has 7 amide bonds. The lowest BCUT2D eigenvalue weighted by Gasteiger charge is -2.41. The second kappa shape index (κ2) is 10.9.